The Morgan fingerprint density at radius 1 is 1.31 bits per heavy atom. The standard InChI is InChI=1S/C25H33N5O6/c1-6-34-15(2)17(29-24(33)36-25(3,4)5)13-16-7-8-19-18(14-16)28-22(32)20(35-19)9-10-21(31)30-23-26-11-12-27-23/h7-8,11-12,14,17,20H,2,6,9-10,13H2,1,3-5H3,(H,28,32)(H,29,33)(H2,26,27,30,31)/t17-,20+/m0/s1. The lowest BCUT2D eigenvalue weighted by molar-refractivity contribution is -0.124. The van der Waals surface area contributed by atoms with Crippen molar-refractivity contribution in [3.05, 3.63) is 48.5 Å². The second-order valence-corrected chi connectivity index (χ2v) is 9.25. The third-order valence-electron chi connectivity index (χ3n) is 5.10. The first-order valence-electron chi connectivity index (χ1n) is 11.7. The van der Waals surface area contributed by atoms with Crippen molar-refractivity contribution >= 4 is 29.5 Å². The van der Waals surface area contributed by atoms with Crippen LogP contribution in [0.4, 0.5) is 16.4 Å². The quantitative estimate of drug-likeness (QED) is 0.366. The summed E-state index contributed by atoms with van der Waals surface area (Å²) < 4.78 is 16.7. The summed E-state index contributed by atoms with van der Waals surface area (Å²) in [6.07, 6.45) is 2.39. The minimum atomic E-state index is -0.801. The molecule has 0 saturated heterocycles. The minimum absolute atomic E-state index is 0.0871. The van der Waals surface area contributed by atoms with Gasteiger partial charge in [0.1, 0.15) is 17.1 Å². The molecule has 3 amide bonds. The molecule has 2 aromatic rings. The zero-order valence-electron chi connectivity index (χ0n) is 21.0. The van der Waals surface area contributed by atoms with E-state index in [0.717, 1.165) is 5.56 Å². The summed E-state index contributed by atoms with van der Waals surface area (Å²) in [5.74, 6) is 0.621. The van der Waals surface area contributed by atoms with Gasteiger partial charge in [0.2, 0.25) is 11.9 Å². The summed E-state index contributed by atoms with van der Waals surface area (Å²) in [6.45, 7) is 11.5. The Labute approximate surface area is 210 Å². The third-order valence-corrected chi connectivity index (χ3v) is 5.10. The van der Waals surface area contributed by atoms with Gasteiger partial charge in [0, 0.05) is 31.7 Å². The normalized spacial score (nSPS) is 15.6. The molecule has 2 heterocycles. The van der Waals surface area contributed by atoms with Gasteiger partial charge in [0.05, 0.1) is 18.3 Å². The lowest BCUT2D eigenvalue weighted by Crippen LogP contribution is -2.41. The van der Waals surface area contributed by atoms with Crippen molar-refractivity contribution < 1.29 is 28.6 Å². The highest BCUT2D eigenvalue weighted by atomic mass is 16.6. The zero-order chi connectivity index (χ0) is 26.3. The number of nitrogens with zero attached hydrogens (tertiary/aromatic N) is 1. The van der Waals surface area contributed by atoms with Crippen LogP contribution in [0.2, 0.25) is 0 Å². The molecule has 0 radical (unpaired) electrons. The highest BCUT2D eigenvalue weighted by Crippen LogP contribution is 2.32. The summed E-state index contributed by atoms with van der Waals surface area (Å²) in [5, 5.41) is 8.25. The fourth-order valence-electron chi connectivity index (χ4n) is 3.52. The molecule has 1 aliphatic heterocycles. The number of amides is 3. The van der Waals surface area contributed by atoms with Crippen LogP contribution < -0.4 is 20.7 Å². The number of rotatable bonds is 10. The number of anilines is 2. The highest BCUT2D eigenvalue weighted by Gasteiger charge is 2.29. The summed E-state index contributed by atoms with van der Waals surface area (Å²) in [5.41, 5.74) is 0.674. The summed E-state index contributed by atoms with van der Waals surface area (Å²) in [6, 6.07) is 4.81. The van der Waals surface area contributed by atoms with Crippen molar-refractivity contribution in [2.45, 2.75) is 64.7 Å². The molecule has 3 rings (SSSR count). The Kier molecular flexibility index (Phi) is 8.57. The average Bonchev–Trinajstić information content (AvgIpc) is 3.29. The van der Waals surface area contributed by atoms with Gasteiger partial charge in [-0.2, -0.15) is 0 Å². The Morgan fingerprint density at radius 2 is 2.08 bits per heavy atom. The molecule has 36 heavy (non-hydrogen) atoms. The third kappa shape index (κ3) is 7.76. The van der Waals surface area contributed by atoms with Gasteiger partial charge in [-0.25, -0.2) is 9.78 Å². The van der Waals surface area contributed by atoms with Crippen molar-refractivity contribution in [2.75, 3.05) is 17.2 Å². The SMILES string of the molecule is C=C(OCC)[C@H](Cc1ccc2c(c1)NC(=O)[C@@H](CCC(=O)Nc1ncc[nH]1)O2)NC(=O)OC(C)(C)C. The van der Waals surface area contributed by atoms with Crippen LogP contribution in [0, 0.1) is 0 Å². The second-order valence-electron chi connectivity index (χ2n) is 9.25. The number of carbonyl (C=O) groups excluding carboxylic acids is 3. The number of ether oxygens (including phenoxy) is 3. The Morgan fingerprint density at radius 3 is 2.75 bits per heavy atom. The van der Waals surface area contributed by atoms with Gasteiger partial charge in [0.15, 0.2) is 6.10 Å². The Bertz CT molecular complexity index is 1090. The Balaban J connectivity index is 1.62. The number of aromatic nitrogens is 2. The first-order valence-corrected chi connectivity index (χ1v) is 11.7. The zero-order valence-corrected chi connectivity index (χ0v) is 21.0. The molecule has 1 aromatic heterocycles. The van der Waals surface area contributed by atoms with Crippen LogP contribution in [0.5, 0.6) is 5.75 Å². The lowest BCUT2D eigenvalue weighted by Gasteiger charge is -2.27. The number of nitrogens with one attached hydrogen (secondary N) is 4. The van der Waals surface area contributed by atoms with E-state index in [1.807, 2.05) is 13.0 Å². The number of imidazole rings is 1. The van der Waals surface area contributed by atoms with E-state index in [1.165, 1.54) is 6.20 Å². The van der Waals surface area contributed by atoms with Crippen LogP contribution in [0.1, 0.15) is 46.1 Å². The van der Waals surface area contributed by atoms with Crippen LogP contribution in [-0.4, -0.2) is 52.2 Å². The molecular weight excluding hydrogens is 466 g/mol. The van der Waals surface area contributed by atoms with E-state index in [2.05, 4.69) is 32.5 Å². The van der Waals surface area contributed by atoms with E-state index in [-0.39, 0.29) is 24.7 Å². The predicted octanol–water partition coefficient (Wildman–Crippen LogP) is 3.51. The number of carbonyl (C=O) groups is 3. The maximum absolute atomic E-state index is 12.6. The smallest absolute Gasteiger partial charge is 0.408 e. The van der Waals surface area contributed by atoms with Crippen LogP contribution >= 0.6 is 0 Å². The summed E-state index contributed by atoms with van der Waals surface area (Å²) in [4.78, 5) is 43.7. The second kappa shape index (κ2) is 11.6. The number of hydrogen-bond acceptors (Lipinski definition) is 7. The number of alkyl carbamates (subject to hydrolysis) is 1. The molecule has 11 heteroatoms. The van der Waals surface area contributed by atoms with Gasteiger partial charge in [-0.15, -0.1) is 0 Å². The first-order chi connectivity index (χ1) is 17.0. The van der Waals surface area contributed by atoms with Gasteiger partial charge in [0.25, 0.3) is 5.91 Å². The van der Waals surface area contributed by atoms with Crippen LogP contribution in [-0.2, 0) is 25.5 Å². The molecule has 2 atom stereocenters. The molecule has 0 spiro atoms. The number of H-pyrrole nitrogens is 1. The molecule has 0 unspecified atom stereocenters. The maximum Gasteiger partial charge on any atom is 0.408 e. The molecule has 1 aromatic carbocycles. The van der Waals surface area contributed by atoms with E-state index in [0.29, 0.717) is 36.2 Å². The van der Waals surface area contributed by atoms with Crippen molar-refractivity contribution in [3.8, 4) is 5.75 Å². The van der Waals surface area contributed by atoms with E-state index in [1.54, 1.807) is 39.1 Å². The number of benzene rings is 1. The van der Waals surface area contributed by atoms with E-state index in [9.17, 15) is 14.4 Å². The monoisotopic (exact) mass is 499 g/mol. The number of aromatic amines is 1. The Hall–Kier alpha value is -4.02. The van der Waals surface area contributed by atoms with E-state index >= 15 is 0 Å². The minimum Gasteiger partial charge on any atom is -0.497 e. The molecule has 0 bridgehead atoms. The largest absolute Gasteiger partial charge is 0.497 e. The molecule has 11 nitrogen and oxygen atoms in total. The summed E-state index contributed by atoms with van der Waals surface area (Å²) in [7, 11) is 0. The molecule has 4 N–H and O–H groups in total. The molecule has 0 saturated carbocycles. The molecular formula is C25H33N5O6. The molecule has 0 aliphatic carbocycles. The highest BCUT2D eigenvalue weighted by molar-refractivity contribution is 5.98. The number of hydrogen-bond donors (Lipinski definition) is 4. The van der Waals surface area contributed by atoms with E-state index < -0.39 is 23.8 Å². The van der Waals surface area contributed by atoms with Crippen molar-refractivity contribution in [1.29, 1.82) is 0 Å². The topological polar surface area (TPSA) is 144 Å². The average molecular weight is 500 g/mol. The van der Waals surface area contributed by atoms with Crippen molar-refractivity contribution in [3.63, 3.8) is 0 Å². The fraction of sp³-hybridized carbons (Fsp3) is 0.440. The summed E-state index contributed by atoms with van der Waals surface area (Å²) >= 11 is 0. The van der Waals surface area contributed by atoms with E-state index in [4.69, 9.17) is 14.2 Å². The molecule has 194 valence electrons. The van der Waals surface area contributed by atoms with Gasteiger partial charge >= 0.3 is 6.09 Å². The van der Waals surface area contributed by atoms with Gasteiger partial charge in [-0.3, -0.25) is 14.9 Å². The van der Waals surface area contributed by atoms with Crippen molar-refractivity contribution in [2.24, 2.45) is 0 Å². The lowest BCUT2D eigenvalue weighted by atomic mass is 10.0. The maximum atomic E-state index is 12.6. The van der Waals surface area contributed by atoms with Gasteiger partial charge in [-0.1, -0.05) is 12.6 Å². The van der Waals surface area contributed by atoms with Crippen LogP contribution in [0.15, 0.2) is 42.9 Å². The van der Waals surface area contributed by atoms with Crippen molar-refractivity contribution in [1.82, 2.24) is 15.3 Å². The van der Waals surface area contributed by atoms with Gasteiger partial charge < -0.3 is 29.8 Å². The number of fused-ring (bicyclic) bond motifs is 1. The van der Waals surface area contributed by atoms with Crippen LogP contribution in [0.3, 0.4) is 0 Å². The van der Waals surface area contributed by atoms with Gasteiger partial charge in [-0.05, 0) is 45.4 Å². The fourth-order valence-corrected chi connectivity index (χ4v) is 3.52. The predicted molar refractivity (Wildman–Crippen MR) is 134 cm³/mol. The molecule has 1 aliphatic rings. The molecule has 0 fully saturated rings. The van der Waals surface area contributed by atoms with Crippen LogP contribution in [0.25, 0.3) is 0 Å². The first kappa shape index (κ1) is 26.6.